The summed E-state index contributed by atoms with van der Waals surface area (Å²) in [5.41, 5.74) is 0.533. The monoisotopic (exact) mass is 335 g/mol. The summed E-state index contributed by atoms with van der Waals surface area (Å²) in [5, 5.41) is 14.4. The number of nitro groups is 1. The molecule has 0 amide bonds. The van der Waals surface area contributed by atoms with E-state index in [9.17, 15) is 10.1 Å². The third-order valence-electron chi connectivity index (χ3n) is 3.23. The smallest absolute Gasteiger partial charge is 0.293 e. The van der Waals surface area contributed by atoms with Gasteiger partial charge in [0.1, 0.15) is 5.69 Å². The van der Waals surface area contributed by atoms with Crippen molar-refractivity contribution in [2.45, 2.75) is 6.42 Å². The van der Waals surface area contributed by atoms with Gasteiger partial charge in [-0.25, -0.2) is 0 Å². The zero-order valence-electron chi connectivity index (χ0n) is 11.6. The van der Waals surface area contributed by atoms with Crippen LogP contribution in [0.25, 0.3) is 0 Å². The van der Waals surface area contributed by atoms with E-state index in [0.29, 0.717) is 17.3 Å². The van der Waals surface area contributed by atoms with Crippen molar-refractivity contribution in [1.82, 2.24) is 4.90 Å². The minimum atomic E-state index is -0.420. The third-order valence-corrected chi connectivity index (χ3v) is 3.46. The van der Waals surface area contributed by atoms with E-state index in [1.165, 1.54) is 6.07 Å². The van der Waals surface area contributed by atoms with Gasteiger partial charge in [0.05, 0.1) is 18.1 Å². The number of hydrogen-bond acceptors (Lipinski definition) is 5. The first-order valence-corrected chi connectivity index (χ1v) is 7.02. The van der Waals surface area contributed by atoms with Gasteiger partial charge in [-0.1, -0.05) is 11.6 Å². The Morgan fingerprint density at radius 3 is 2.76 bits per heavy atom. The molecule has 0 atom stereocenters. The predicted molar refractivity (Wildman–Crippen MR) is 85.7 cm³/mol. The standard InChI is InChI=1S/C13H18ClN3O3.ClH/c14-11-2-3-12(13(10-11)17(18)19)15-4-1-5-16-6-8-20-9-7-16;/h2-3,10,15H,1,4-9H2;1H. The van der Waals surface area contributed by atoms with Crippen LogP contribution < -0.4 is 5.32 Å². The lowest BCUT2D eigenvalue weighted by Gasteiger charge is -2.26. The average Bonchev–Trinajstić information content (AvgIpc) is 2.45. The molecule has 1 N–H and O–H groups in total. The molecule has 0 bridgehead atoms. The first kappa shape index (κ1) is 18.0. The Morgan fingerprint density at radius 2 is 2.10 bits per heavy atom. The van der Waals surface area contributed by atoms with E-state index >= 15 is 0 Å². The lowest BCUT2D eigenvalue weighted by atomic mass is 10.2. The molecule has 8 heteroatoms. The van der Waals surface area contributed by atoms with Crippen molar-refractivity contribution in [3.63, 3.8) is 0 Å². The van der Waals surface area contributed by atoms with Gasteiger partial charge >= 0.3 is 0 Å². The fourth-order valence-corrected chi connectivity index (χ4v) is 2.32. The van der Waals surface area contributed by atoms with E-state index in [-0.39, 0.29) is 18.1 Å². The molecule has 21 heavy (non-hydrogen) atoms. The van der Waals surface area contributed by atoms with Crippen molar-refractivity contribution in [3.05, 3.63) is 33.3 Å². The maximum Gasteiger partial charge on any atom is 0.293 e. The molecule has 1 aromatic rings. The molecule has 0 aromatic heterocycles. The largest absolute Gasteiger partial charge is 0.379 e. The molecule has 6 nitrogen and oxygen atoms in total. The van der Waals surface area contributed by atoms with Crippen LogP contribution in [0.2, 0.25) is 5.02 Å². The molecule has 1 aromatic carbocycles. The second kappa shape index (κ2) is 9.04. The van der Waals surface area contributed by atoms with Crippen LogP contribution in [0, 0.1) is 10.1 Å². The number of nitro benzene ring substituents is 1. The third kappa shape index (κ3) is 5.67. The van der Waals surface area contributed by atoms with Crippen LogP contribution in [-0.4, -0.2) is 49.2 Å². The molecule has 1 aliphatic rings. The number of rotatable bonds is 6. The van der Waals surface area contributed by atoms with Crippen LogP contribution in [-0.2, 0) is 4.74 Å². The molecular weight excluding hydrogens is 317 g/mol. The van der Waals surface area contributed by atoms with Gasteiger partial charge in [0.15, 0.2) is 0 Å². The van der Waals surface area contributed by atoms with Crippen molar-refractivity contribution >= 4 is 35.4 Å². The topological polar surface area (TPSA) is 67.6 Å². The Morgan fingerprint density at radius 1 is 1.38 bits per heavy atom. The predicted octanol–water partition coefficient (Wildman–Crippen LogP) is 2.80. The second-order valence-corrected chi connectivity index (χ2v) is 5.09. The van der Waals surface area contributed by atoms with E-state index in [0.717, 1.165) is 39.3 Å². The summed E-state index contributed by atoms with van der Waals surface area (Å²) in [5.74, 6) is 0. The Hall–Kier alpha value is -1.08. The highest BCUT2D eigenvalue weighted by atomic mass is 35.5. The molecule has 0 unspecified atom stereocenters. The highest BCUT2D eigenvalue weighted by Crippen LogP contribution is 2.27. The van der Waals surface area contributed by atoms with Gasteiger partial charge in [-0.05, 0) is 25.1 Å². The zero-order chi connectivity index (χ0) is 14.4. The number of benzene rings is 1. The van der Waals surface area contributed by atoms with Gasteiger partial charge in [0, 0.05) is 30.7 Å². The van der Waals surface area contributed by atoms with Crippen LogP contribution in [0.3, 0.4) is 0 Å². The summed E-state index contributed by atoms with van der Waals surface area (Å²) in [6, 6.07) is 4.67. The van der Waals surface area contributed by atoms with Gasteiger partial charge in [-0.2, -0.15) is 0 Å². The van der Waals surface area contributed by atoms with Gasteiger partial charge < -0.3 is 10.1 Å². The lowest BCUT2D eigenvalue weighted by molar-refractivity contribution is -0.383. The van der Waals surface area contributed by atoms with Crippen molar-refractivity contribution in [1.29, 1.82) is 0 Å². The Labute approximate surface area is 135 Å². The highest BCUT2D eigenvalue weighted by Gasteiger charge is 2.14. The van der Waals surface area contributed by atoms with Gasteiger partial charge in [0.25, 0.3) is 5.69 Å². The van der Waals surface area contributed by atoms with Crippen LogP contribution in [0.5, 0.6) is 0 Å². The first-order valence-electron chi connectivity index (χ1n) is 6.65. The van der Waals surface area contributed by atoms with Crippen LogP contribution in [0.15, 0.2) is 18.2 Å². The molecule has 0 aliphatic carbocycles. The summed E-state index contributed by atoms with van der Waals surface area (Å²) in [4.78, 5) is 12.9. The minimum absolute atomic E-state index is 0. The molecule has 1 heterocycles. The SMILES string of the molecule is Cl.O=[N+]([O-])c1cc(Cl)ccc1NCCCN1CCOCC1. The van der Waals surface area contributed by atoms with E-state index in [2.05, 4.69) is 10.2 Å². The van der Waals surface area contributed by atoms with Crippen molar-refractivity contribution < 1.29 is 9.66 Å². The Kier molecular flexibility index (Phi) is 7.74. The average molecular weight is 336 g/mol. The summed E-state index contributed by atoms with van der Waals surface area (Å²) < 4.78 is 5.28. The molecule has 0 spiro atoms. The maximum absolute atomic E-state index is 10.9. The summed E-state index contributed by atoms with van der Waals surface area (Å²) in [7, 11) is 0. The minimum Gasteiger partial charge on any atom is -0.379 e. The molecule has 0 saturated carbocycles. The second-order valence-electron chi connectivity index (χ2n) is 4.65. The number of anilines is 1. The maximum atomic E-state index is 10.9. The molecule has 118 valence electrons. The molecule has 1 aliphatic heterocycles. The summed E-state index contributed by atoms with van der Waals surface area (Å²) >= 11 is 5.77. The Balaban J connectivity index is 0.00000220. The Bertz CT molecular complexity index is 468. The number of halogens is 2. The van der Waals surface area contributed by atoms with Gasteiger partial charge in [0.2, 0.25) is 0 Å². The van der Waals surface area contributed by atoms with Crippen molar-refractivity contribution in [2.24, 2.45) is 0 Å². The summed E-state index contributed by atoms with van der Waals surface area (Å²) in [6.07, 6.45) is 0.930. The fraction of sp³-hybridized carbons (Fsp3) is 0.538. The van der Waals surface area contributed by atoms with E-state index in [4.69, 9.17) is 16.3 Å². The number of morpholine rings is 1. The zero-order valence-corrected chi connectivity index (χ0v) is 13.2. The highest BCUT2D eigenvalue weighted by molar-refractivity contribution is 6.30. The molecule has 2 rings (SSSR count). The van der Waals surface area contributed by atoms with Crippen LogP contribution in [0.1, 0.15) is 6.42 Å². The van der Waals surface area contributed by atoms with Crippen LogP contribution in [0.4, 0.5) is 11.4 Å². The lowest BCUT2D eigenvalue weighted by Crippen LogP contribution is -2.37. The summed E-state index contributed by atoms with van der Waals surface area (Å²) in [6.45, 7) is 5.16. The van der Waals surface area contributed by atoms with Crippen molar-refractivity contribution in [2.75, 3.05) is 44.7 Å². The molecule has 1 fully saturated rings. The molecule has 0 radical (unpaired) electrons. The van der Waals surface area contributed by atoms with E-state index < -0.39 is 4.92 Å². The molecule has 1 saturated heterocycles. The molecular formula is C13H19Cl2N3O3. The van der Waals surface area contributed by atoms with E-state index in [1.54, 1.807) is 12.1 Å². The number of hydrogen-bond donors (Lipinski definition) is 1. The van der Waals surface area contributed by atoms with Crippen LogP contribution >= 0.6 is 24.0 Å². The number of ether oxygens (including phenoxy) is 1. The first-order chi connectivity index (χ1) is 9.66. The fourth-order valence-electron chi connectivity index (χ4n) is 2.16. The van der Waals surface area contributed by atoms with E-state index in [1.807, 2.05) is 0 Å². The van der Waals surface area contributed by atoms with Gasteiger partial charge in [-0.3, -0.25) is 15.0 Å². The van der Waals surface area contributed by atoms with Gasteiger partial charge in [-0.15, -0.1) is 12.4 Å². The normalized spacial score (nSPS) is 15.3. The quantitative estimate of drug-likeness (QED) is 0.491. The number of nitrogens with one attached hydrogen (secondary N) is 1. The van der Waals surface area contributed by atoms with Crippen molar-refractivity contribution in [3.8, 4) is 0 Å². The number of nitrogens with zero attached hydrogens (tertiary/aromatic N) is 2.